The quantitative estimate of drug-likeness (QED) is 0.829. The molecule has 1 aromatic carbocycles. The van der Waals surface area contributed by atoms with Gasteiger partial charge in [0.25, 0.3) is 0 Å². The number of hydrogen-bond donors (Lipinski definition) is 0. The topological polar surface area (TPSA) is 36.0 Å². The summed E-state index contributed by atoms with van der Waals surface area (Å²) in [5, 5.41) is 0. The number of ketones is 1. The van der Waals surface area contributed by atoms with Crippen molar-refractivity contribution in [3.05, 3.63) is 17.4 Å². The van der Waals surface area contributed by atoms with Crippen LogP contribution in [0.25, 0.3) is 0 Å². The zero-order valence-corrected chi connectivity index (χ0v) is 15.3. The van der Waals surface area contributed by atoms with Gasteiger partial charge in [0, 0.05) is 43.7 Å². The molecule has 1 saturated carbocycles. The molecule has 0 aromatic heterocycles. The molecule has 5 nitrogen and oxygen atoms in total. The Bertz CT molecular complexity index is 735. The summed E-state index contributed by atoms with van der Waals surface area (Å²) in [5.41, 5.74) is 1.87. The first kappa shape index (κ1) is 16.4. The number of halogens is 1. The monoisotopic (exact) mass is 359 g/mol. The smallest absolute Gasteiger partial charge is 0.169 e. The summed E-state index contributed by atoms with van der Waals surface area (Å²) in [6.45, 7) is 3.38. The number of ether oxygens (including phenoxy) is 1. The third-order valence-corrected chi connectivity index (χ3v) is 6.39. The van der Waals surface area contributed by atoms with E-state index in [0.29, 0.717) is 42.0 Å². The molecule has 3 fully saturated rings. The lowest BCUT2D eigenvalue weighted by Gasteiger charge is -2.34. The lowest BCUT2D eigenvalue weighted by Crippen LogP contribution is -2.35. The van der Waals surface area contributed by atoms with Gasteiger partial charge < -0.3 is 14.5 Å². The van der Waals surface area contributed by atoms with Crippen molar-refractivity contribution in [1.82, 2.24) is 4.90 Å². The number of benzene rings is 1. The van der Waals surface area contributed by atoms with Gasteiger partial charge in [-0.3, -0.25) is 9.69 Å². The van der Waals surface area contributed by atoms with E-state index in [4.69, 9.17) is 4.74 Å². The van der Waals surface area contributed by atoms with Crippen molar-refractivity contribution in [1.29, 1.82) is 0 Å². The van der Waals surface area contributed by atoms with Crippen LogP contribution in [0.15, 0.2) is 6.07 Å². The number of anilines is 2. The first-order valence-corrected chi connectivity index (χ1v) is 9.86. The first-order chi connectivity index (χ1) is 12.7. The molecule has 1 atom stereocenters. The Morgan fingerprint density at radius 3 is 2.69 bits per heavy atom. The summed E-state index contributed by atoms with van der Waals surface area (Å²) in [4.78, 5) is 19.3. The molecule has 1 aliphatic carbocycles. The van der Waals surface area contributed by atoms with E-state index in [1.807, 2.05) is 0 Å². The number of carbonyl (C=O) groups excluding carboxylic acids is 1. The highest BCUT2D eigenvalue weighted by atomic mass is 19.1. The minimum absolute atomic E-state index is 0.0273. The summed E-state index contributed by atoms with van der Waals surface area (Å²) in [6.07, 6.45) is 6.40. The highest BCUT2D eigenvalue weighted by molar-refractivity contribution is 6.06. The summed E-state index contributed by atoms with van der Waals surface area (Å²) in [6, 6.07) is 2.44. The molecule has 0 spiro atoms. The van der Waals surface area contributed by atoms with E-state index in [1.165, 1.54) is 25.3 Å². The number of piperidine rings is 1. The van der Waals surface area contributed by atoms with Gasteiger partial charge in [0.2, 0.25) is 0 Å². The Balaban J connectivity index is 1.59. The molecule has 1 aromatic rings. The molecule has 3 aliphatic heterocycles. The number of carbonyl (C=O) groups is 1. The average molecular weight is 359 g/mol. The Kier molecular flexibility index (Phi) is 3.85. The fourth-order valence-electron chi connectivity index (χ4n) is 4.96. The van der Waals surface area contributed by atoms with Gasteiger partial charge in [-0.2, -0.15) is 0 Å². The maximum atomic E-state index is 15.2. The summed E-state index contributed by atoms with van der Waals surface area (Å²) in [5.74, 6) is 0.255. The van der Waals surface area contributed by atoms with Crippen molar-refractivity contribution in [3.63, 3.8) is 0 Å². The van der Waals surface area contributed by atoms with Crippen LogP contribution in [-0.4, -0.2) is 56.2 Å². The fraction of sp³-hybridized carbons (Fsp3) is 0.650. The predicted molar refractivity (Wildman–Crippen MR) is 98.8 cm³/mol. The minimum Gasteiger partial charge on any atom is -0.492 e. The number of rotatable bonds is 3. The zero-order chi connectivity index (χ0) is 17.8. The van der Waals surface area contributed by atoms with Crippen molar-refractivity contribution in [3.8, 4) is 5.75 Å². The highest BCUT2D eigenvalue weighted by Crippen LogP contribution is 2.49. The molecule has 4 aliphatic rings. The van der Waals surface area contributed by atoms with Crippen LogP contribution in [0.5, 0.6) is 5.75 Å². The molecule has 26 heavy (non-hydrogen) atoms. The van der Waals surface area contributed by atoms with Crippen molar-refractivity contribution >= 4 is 17.2 Å². The average Bonchev–Trinajstić information content (AvgIpc) is 3.39. The largest absolute Gasteiger partial charge is 0.492 e. The summed E-state index contributed by atoms with van der Waals surface area (Å²) in [7, 11) is 1.60. The summed E-state index contributed by atoms with van der Waals surface area (Å²) < 4.78 is 20.9. The van der Waals surface area contributed by atoms with Gasteiger partial charge in [0.15, 0.2) is 17.3 Å². The normalized spacial score (nSPS) is 26.1. The Morgan fingerprint density at radius 1 is 1.12 bits per heavy atom. The van der Waals surface area contributed by atoms with Crippen LogP contribution in [-0.2, 0) is 0 Å². The molecule has 3 heterocycles. The third kappa shape index (κ3) is 2.49. The van der Waals surface area contributed by atoms with Crippen molar-refractivity contribution in [2.24, 2.45) is 0 Å². The van der Waals surface area contributed by atoms with Crippen molar-refractivity contribution < 1.29 is 13.9 Å². The van der Waals surface area contributed by atoms with E-state index in [2.05, 4.69) is 14.7 Å². The van der Waals surface area contributed by atoms with E-state index < -0.39 is 0 Å². The first-order valence-electron chi connectivity index (χ1n) is 9.86. The minimum atomic E-state index is -0.327. The number of Topliss-reactive ketones (excluding diaryl/α,β-unsaturated/α-hetero) is 1. The SMILES string of the molecule is COc1c(N2CC3CCCCN3C2)c(F)cc2c1N(C1CC1)CCC2=O. The van der Waals surface area contributed by atoms with Crippen molar-refractivity contribution in [2.45, 2.75) is 50.6 Å². The van der Waals surface area contributed by atoms with Crippen LogP contribution >= 0.6 is 0 Å². The standard InChI is InChI=1S/C20H26FN3O2/c1-26-20-18-15(17(25)7-9-24(18)13-5-6-13)10-16(21)19(20)23-11-14-4-2-3-8-22(14)12-23/h10,13-14H,2-9,11-12H2,1H3. The lowest BCUT2D eigenvalue weighted by molar-refractivity contribution is 0.0978. The number of methoxy groups -OCH3 is 1. The highest BCUT2D eigenvalue weighted by Gasteiger charge is 2.40. The fourth-order valence-corrected chi connectivity index (χ4v) is 4.96. The van der Waals surface area contributed by atoms with Gasteiger partial charge in [0.1, 0.15) is 5.69 Å². The van der Waals surface area contributed by atoms with Gasteiger partial charge in [-0.05, 0) is 31.7 Å². The maximum Gasteiger partial charge on any atom is 0.169 e. The van der Waals surface area contributed by atoms with Gasteiger partial charge in [-0.15, -0.1) is 0 Å². The van der Waals surface area contributed by atoms with E-state index >= 15 is 4.39 Å². The van der Waals surface area contributed by atoms with Gasteiger partial charge >= 0.3 is 0 Å². The van der Waals surface area contributed by atoms with Crippen LogP contribution in [0.2, 0.25) is 0 Å². The van der Waals surface area contributed by atoms with Gasteiger partial charge in [0.05, 0.1) is 19.5 Å². The molecular weight excluding hydrogens is 333 g/mol. The third-order valence-electron chi connectivity index (χ3n) is 6.39. The second-order valence-corrected chi connectivity index (χ2v) is 8.06. The Labute approximate surface area is 153 Å². The summed E-state index contributed by atoms with van der Waals surface area (Å²) >= 11 is 0. The molecule has 5 rings (SSSR count). The van der Waals surface area contributed by atoms with Crippen LogP contribution in [0, 0.1) is 5.82 Å². The lowest BCUT2D eigenvalue weighted by atomic mass is 9.97. The second-order valence-electron chi connectivity index (χ2n) is 8.06. The van der Waals surface area contributed by atoms with Crippen LogP contribution in [0.4, 0.5) is 15.8 Å². The Morgan fingerprint density at radius 2 is 1.96 bits per heavy atom. The maximum absolute atomic E-state index is 15.2. The second kappa shape index (κ2) is 6.12. The van der Waals surface area contributed by atoms with E-state index in [0.717, 1.165) is 38.3 Å². The molecule has 2 saturated heterocycles. The van der Waals surface area contributed by atoms with Crippen LogP contribution in [0.1, 0.15) is 48.9 Å². The molecule has 0 N–H and O–H groups in total. The Hall–Kier alpha value is -1.82. The molecule has 140 valence electrons. The molecule has 1 unspecified atom stereocenters. The van der Waals surface area contributed by atoms with Crippen LogP contribution < -0.4 is 14.5 Å². The number of fused-ring (bicyclic) bond motifs is 2. The number of nitrogens with zero attached hydrogens (tertiary/aromatic N) is 3. The zero-order valence-electron chi connectivity index (χ0n) is 15.3. The van der Waals surface area contributed by atoms with E-state index in [-0.39, 0.29) is 11.6 Å². The van der Waals surface area contributed by atoms with E-state index in [9.17, 15) is 4.79 Å². The molecule has 0 bridgehead atoms. The molecule has 0 radical (unpaired) electrons. The van der Waals surface area contributed by atoms with Gasteiger partial charge in [-0.1, -0.05) is 6.42 Å². The number of hydrogen-bond acceptors (Lipinski definition) is 5. The molecule has 0 amide bonds. The molecular formula is C20H26FN3O2. The van der Waals surface area contributed by atoms with E-state index in [1.54, 1.807) is 7.11 Å². The molecule has 6 heteroatoms. The predicted octanol–water partition coefficient (Wildman–Crippen LogP) is 3.02. The van der Waals surface area contributed by atoms with Crippen LogP contribution in [0.3, 0.4) is 0 Å². The van der Waals surface area contributed by atoms with Crippen molar-refractivity contribution in [2.75, 3.05) is 43.2 Å². The van der Waals surface area contributed by atoms with Gasteiger partial charge in [-0.25, -0.2) is 4.39 Å².